The molecule has 0 saturated heterocycles. The van der Waals surface area contributed by atoms with Crippen molar-refractivity contribution in [2.75, 3.05) is 6.54 Å². The summed E-state index contributed by atoms with van der Waals surface area (Å²) in [4.78, 5) is 1.32. The Kier molecular flexibility index (Phi) is 4.85. The predicted octanol–water partition coefficient (Wildman–Crippen LogP) is 4.03. The van der Waals surface area contributed by atoms with Gasteiger partial charge >= 0.3 is 6.18 Å². The zero-order valence-corrected chi connectivity index (χ0v) is 11.6. The zero-order chi connectivity index (χ0) is 14.8. The Morgan fingerprint density at radius 3 is 2.21 bits per heavy atom. The molecule has 0 spiro atoms. The fraction of sp³-hybridized carbons (Fsp3) is 0.571. The Labute approximate surface area is 111 Å². The number of rotatable bonds is 4. The summed E-state index contributed by atoms with van der Waals surface area (Å²) in [7, 11) is 0. The van der Waals surface area contributed by atoms with Crippen molar-refractivity contribution in [2.45, 2.75) is 46.0 Å². The fourth-order valence-corrected chi connectivity index (χ4v) is 2.16. The molecule has 19 heavy (non-hydrogen) atoms. The molecule has 5 heteroatoms. The molecule has 108 valence electrons. The summed E-state index contributed by atoms with van der Waals surface area (Å²) in [6.07, 6.45) is -4.25. The van der Waals surface area contributed by atoms with Gasteiger partial charge in [-0.3, -0.25) is 4.90 Å². The van der Waals surface area contributed by atoms with Crippen LogP contribution in [-0.4, -0.2) is 28.8 Å². The number of phenolic OH excluding ortho intramolecular Hbond substituents is 1. The van der Waals surface area contributed by atoms with Crippen molar-refractivity contribution < 1.29 is 18.3 Å². The Bertz CT molecular complexity index is 429. The van der Waals surface area contributed by atoms with Crippen LogP contribution in [0, 0.1) is 6.92 Å². The van der Waals surface area contributed by atoms with Gasteiger partial charge in [-0.25, -0.2) is 0 Å². The minimum Gasteiger partial charge on any atom is -0.508 e. The lowest BCUT2D eigenvalue weighted by Gasteiger charge is -2.33. The number of aryl methyl sites for hydroxylation is 1. The molecular formula is C14H20F3NO. The molecule has 1 unspecified atom stereocenters. The number of halogens is 3. The van der Waals surface area contributed by atoms with Gasteiger partial charge in [-0.05, 0) is 39.3 Å². The van der Waals surface area contributed by atoms with Gasteiger partial charge < -0.3 is 5.11 Å². The highest BCUT2D eigenvalue weighted by Gasteiger charge is 2.34. The summed E-state index contributed by atoms with van der Waals surface area (Å²) < 4.78 is 37.8. The molecule has 0 fully saturated rings. The third kappa shape index (κ3) is 4.42. The van der Waals surface area contributed by atoms with E-state index in [4.69, 9.17) is 0 Å². The van der Waals surface area contributed by atoms with E-state index in [-0.39, 0.29) is 11.8 Å². The highest BCUT2D eigenvalue weighted by Crippen LogP contribution is 2.32. The summed E-state index contributed by atoms with van der Waals surface area (Å²) in [6.45, 7) is 5.94. The molecule has 1 N–H and O–H groups in total. The molecule has 0 saturated carbocycles. The molecule has 0 bridgehead atoms. The van der Waals surface area contributed by atoms with Gasteiger partial charge in [0.2, 0.25) is 0 Å². The van der Waals surface area contributed by atoms with Crippen molar-refractivity contribution in [1.82, 2.24) is 4.90 Å². The topological polar surface area (TPSA) is 23.5 Å². The van der Waals surface area contributed by atoms with E-state index in [0.29, 0.717) is 5.56 Å². The van der Waals surface area contributed by atoms with Gasteiger partial charge in [0.05, 0.1) is 6.54 Å². The Hall–Kier alpha value is -1.23. The first-order valence-corrected chi connectivity index (χ1v) is 6.24. The van der Waals surface area contributed by atoms with Crippen LogP contribution in [-0.2, 0) is 0 Å². The van der Waals surface area contributed by atoms with Crippen molar-refractivity contribution >= 4 is 0 Å². The van der Waals surface area contributed by atoms with Crippen molar-refractivity contribution in [2.24, 2.45) is 0 Å². The summed E-state index contributed by atoms with van der Waals surface area (Å²) in [5, 5.41) is 9.88. The quantitative estimate of drug-likeness (QED) is 0.896. The number of nitrogens with zero attached hydrogens (tertiary/aromatic N) is 1. The fourth-order valence-electron chi connectivity index (χ4n) is 2.16. The largest absolute Gasteiger partial charge is 0.508 e. The summed E-state index contributed by atoms with van der Waals surface area (Å²) >= 11 is 0. The number of phenols is 1. The van der Waals surface area contributed by atoms with Crippen LogP contribution in [0.5, 0.6) is 5.75 Å². The first-order chi connectivity index (χ1) is 8.61. The third-order valence-corrected chi connectivity index (χ3v) is 3.16. The second-order valence-electron chi connectivity index (χ2n) is 5.12. The molecule has 1 rings (SSSR count). The van der Waals surface area contributed by atoms with Crippen LogP contribution in [0.2, 0.25) is 0 Å². The van der Waals surface area contributed by atoms with E-state index in [9.17, 15) is 18.3 Å². The van der Waals surface area contributed by atoms with Gasteiger partial charge in [0.25, 0.3) is 0 Å². The lowest BCUT2D eigenvalue weighted by Crippen LogP contribution is -2.40. The SMILES string of the molecule is Cc1ccc(C(C)N(CC(F)(F)F)C(C)C)c(O)c1. The molecule has 0 radical (unpaired) electrons. The Morgan fingerprint density at radius 1 is 1.21 bits per heavy atom. The minimum absolute atomic E-state index is 0.0420. The molecule has 2 nitrogen and oxygen atoms in total. The average Bonchev–Trinajstić information content (AvgIpc) is 2.23. The molecule has 0 aliphatic carbocycles. The van der Waals surface area contributed by atoms with Crippen LogP contribution in [0.25, 0.3) is 0 Å². The van der Waals surface area contributed by atoms with Crippen LogP contribution in [0.15, 0.2) is 18.2 Å². The summed E-state index contributed by atoms with van der Waals surface area (Å²) in [5.74, 6) is 0.0420. The van der Waals surface area contributed by atoms with Crippen LogP contribution >= 0.6 is 0 Å². The third-order valence-electron chi connectivity index (χ3n) is 3.16. The zero-order valence-electron chi connectivity index (χ0n) is 11.6. The van der Waals surface area contributed by atoms with E-state index in [1.807, 2.05) is 6.92 Å². The second-order valence-corrected chi connectivity index (χ2v) is 5.12. The molecule has 0 aliphatic heterocycles. The monoisotopic (exact) mass is 275 g/mol. The molecule has 0 amide bonds. The van der Waals surface area contributed by atoms with Crippen molar-refractivity contribution in [3.63, 3.8) is 0 Å². The van der Waals surface area contributed by atoms with Crippen LogP contribution < -0.4 is 0 Å². The van der Waals surface area contributed by atoms with Gasteiger partial charge in [0.1, 0.15) is 5.75 Å². The van der Waals surface area contributed by atoms with Gasteiger partial charge in [0, 0.05) is 17.6 Å². The number of benzene rings is 1. The molecule has 0 heterocycles. The van der Waals surface area contributed by atoms with E-state index in [1.165, 1.54) is 4.90 Å². The number of aromatic hydroxyl groups is 1. The van der Waals surface area contributed by atoms with Crippen LogP contribution in [0.3, 0.4) is 0 Å². The lowest BCUT2D eigenvalue weighted by molar-refractivity contribution is -0.154. The standard InChI is InChI=1S/C14H20F3NO/c1-9(2)18(8-14(15,16)17)11(4)12-6-5-10(3)7-13(12)19/h5-7,9,11,19H,8H2,1-4H3. The second kappa shape index (κ2) is 5.82. The molecule has 0 aromatic heterocycles. The highest BCUT2D eigenvalue weighted by atomic mass is 19.4. The molecule has 1 aromatic rings. The van der Waals surface area contributed by atoms with E-state index in [2.05, 4.69) is 0 Å². The lowest BCUT2D eigenvalue weighted by atomic mass is 10.0. The van der Waals surface area contributed by atoms with Gasteiger partial charge in [-0.1, -0.05) is 12.1 Å². The number of hydrogen-bond donors (Lipinski definition) is 1. The highest BCUT2D eigenvalue weighted by molar-refractivity contribution is 5.37. The van der Waals surface area contributed by atoms with E-state index < -0.39 is 18.8 Å². The average molecular weight is 275 g/mol. The summed E-state index contributed by atoms with van der Waals surface area (Å²) in [5.41, 5.74) is 1.39. The van der Waals surface area contributed by atoms with E-state index in [0.717, 1.165) is 5.56 Å². The van der Waals surface area contributed by atoms with Gasteiger partial charge in [-0.2, -0.15) is 13.2 Å². The smallest absolute Gasteiger partial charge is 0.401 e. The van der Waals surface area contributed by atoms with E-state index >= 15 is 0 Å². The van der Waals surface area contributed by atoms with Crippen molar-refractivity contribution in [3.8, 4) is 5.75 Å². The minimum atomic E-state index is -4.25. The summed E-state index contributed by atoms with van der Waals surface area (Å²) in [6, 6.07) is 4.27. The molecule has 1 atom stereocenters. The van der Waals surface area contributed by atoms with Crippen molar-refractivity contribution in [3.05, 3.63) is 29.3 Å². The molecule has 0 aliphatic rings. The first-order valence-electron chi connectivity index (χ1n) is 6.24. The predicted molar refractivity (Wildman–Crippen MR) is 69.2 cm³/mol. The maximum absolute atomic E-state index is 12.6. The maximum Gasteiger partial charge on any atom is 0.401 e. The Balaban J connectivity index is 3.02. The van der Waals surface area contributed by atoms with Gasteiger partial charge in [-0.15, -0.1) is 0 Å². The Morgan fingerprint density at radius 2 is 1.79 bits per heavy atom. The number of alkyl halides is 3. The van der Waals surface area contributed by atoms with E-state index in [1.54, 1.807) is 39.0 Å². The van der Waals surface area contributed by atoms with Crippen LogP contribution in [0.4, 0.5) is 13.2 Å². The maximum atomic E-state index is 12.6. The molecular weight excluding hydrogens is 255 g/mol. The first kappa shape index (κ1) is 15.8. The number of hydrogen-bond acceptors (Lipinski definition) is 2. The van der Waals surface area contributed by atoms with Crippen LogP contribution in [0.1, 0.15) is 37.9 Å². The normalized spacial score (nSPS) is 14.2. The molecule has 1 aromatic carbocycles. The van der Waals surface area contributed by atoms with Crippen molar-refractivity contribution in [1.29, 1.82) is 0 Å². The van der Waals surface area contributed by atoms with Gasteiger partial charge in [0.15, 0.2) is 0 Å².